The van der Waals surface area contributed by atoms with Gasteiger partial charge in [-0.15, -0.1) is 0 Å². The van der Waals surface area contributed by atoms with Gasteiger partial charge in [-0.2, -0.15) is 0 Å². The molecule has 0 rings (SSSR count). The molecule has 2 atom stereocenters. The van der Waals surface area contributed by atoms with Crippen molar-refractivity contribution in [3.05, 3.63) is 0 Å². The van der Waals surface area contributed by atoms with E-state index in [1.807, 2.05) is 0 Å². The Morgan fingerprint density at radius 1 is 0.686 bits per heavy atom. The Kier molecular flexibility index (Phi) is 20.5. The molecule has 0 aromatic heterocycles. The third kappa shape index (κ3) is 28.0. The second kappa shape index (κ2) is 19.1. The predicted molar refractivity (Wildman–Crippen MR) is 127 cm³/mol. The van der Waals surface area contributed by atoms with Crippen LogP contribution in [0.1, 0.15) is 80.1 Å². The summed E-state index contributed by atoms with van der Waals surface area (Å²) in [6.07, 6.45) is 2.57. The average molecular weight is 556 g/mol. The summed E-state index contributed by atoms with van der Waals surface area (Å²) in [6.45, 7) is 11.7. The Hall–Kier alpha value is -2.08. The summed E-state index contributed by atoms with van der Waals surface area (Å²) in [4.78, 5) is 43.2. The first-order valence-electron chi connectivity index (χ1n) is 11.3. The molecule has 0 spiro atoms. The number of hydrogen-bond donors (Lipinski definition) is 6. The molecular formula is C22H44CuN4O8. The first-order chi connectivity index (χ1) is 15.4. The maximum absolute atomic E-state index is 11.2. The fourth-order valence-electron chi connectivity index (χ4n) is 2.23. The molecule has 0 aromatic rings. The van der Waals surface area contributed by atoms with E-state index < -0.39 is 47.4 Å². The predicted octanol–water partition coefficient (Wildman–Crippen LogP) is 2.18. The molecule has 0 aliphatic heterocycles. The molecule has 13 heteroatoms. The van der Waals surface area contributed by atoms with Gasteiger partial charge in [-0.3, -0.25) is 9.59 Å². The van der Waals surface area contributed by atoms with Crippen LogP contribution in [-0.4, -0.2) is 70.7 Å². The van der Waals surface area contributed by atoms with Crippen molar-refractivity contribution in [2.24, 2.45) is 11.5 Å². The first-order valence-corrected chi connectivity index (χ1v) is 11.3. The molecule has 0 saturated carbocycles. The van der Waals surface area contributed by atoms with Crippen molar-refractivity contribution in [3.8, 4) is 0 Å². The van der Waals surface area contributed by atoms with Gasteiger partial charge in [-0.05, 0) is 80.1 Å². The second-order valence-electron chi connectivity index (χ2n) is 9.74. The Morgan fingerprint density at radius 2 is 0.971 bits per heavy atom. The largest absolute Gasteiger partial charge is 0.480 e. The van der Waals surface area contributed by atoms with E-state index in [1.54, 1.807) is 41.5 Å². The molecule has 8 N–H and O–H groups in total. The number of rotatable bonds is 12. The number of unbranched alkanes of at least 4 members (excludes halogenated alkanes) is 2. The molecule has 0 aliphatic carbocycles. The third-order valence-electron chi connectivity index (χ3n) is 3.85. The smallest absolute Gasteiger partial charge is 0.407 e. The molecule has 2 amide bonds. The van der Waals surface area contributed by atoms with Gasteiger partial charge in [0.05, 0.1) is 0 Å². The van der Waals surface area contributed by atoms with Crippen LogP contribution in [-0.2, 0) is 36.1 Å². The molecule has 211 valence electrons. The van der Waals surface area contributed by atoms with Crippen LogP contribution in [0.5, 0.6) is 0 Å². The minimum absolute atomic E-state index is 0. The van der Waals surface area contributed by atoms with E-state index in [2.05, 4.69) is 10.6 Å². The molecule has 12 nitrogen and oxygen atoms in total. The maximum Gasteiger partial charge on any atom is 0.407 e. The van der Waals surface area contributed by atoms with Crippen LogP contribution in [0.2, 0.25) is 0 Å². The zero-order valence-corrected chi connectivity index (χ0v) is 22.6. The number of amides is 2. The van der Waals surface area contributed by atoms with Gasteiger partial charge in [0, 0.05) is 30.2 Å². The van der Waals surface area contributed by atoms with Gasteiger partial charge in [0.25, 0.3) is 0 Å². The number of carboxylic acids is 2. The van der Waals surface area contributed by atoms with Gasteiger partial charge >= 0.3 is 24.1 Å². The van der Waals surface area contributed by atoms with Crippen LogP contribution in [0.3, 0.4) is 0 Å². The third-order valence-corrected chi connectivity index (χ3v) is 3.85. The van der Waals surface area contributed by atoms with Crippen LogP contribution in [0.25, 0.3) is 0 Å². The Balaban J connectivity index is -0.000000569. The molecule has 0 unspecified atom stereocenters. The molecule has 0 aliphatic rings. The number of hydrogen-bond acceptors (Lipinski definition) is 8. The van der Waals surface area contributed by atoms with Gasteiger partial charge in [0.15, 0.2) is 0 Å². The summed E-state index contributed by atoms with van der Waals surface area (Å²) in [5, 5.41) is 22.3. The molecule has 1 radical (unpaired) electrons. The van der Waals surface area contributed by atoms with E-state index in [4.69, 9.17) is 31.2 Å². The van der Waals surface area contributed by atoms with Gasteiger partial charge < -0.3 is 41.8 Å². The quantitative estimate of drug-likeness (QED) is 0.153. The van der Waals surface area contributed by atoms with E-state index in [0.717, 1.165) is 0 Å². The maximum atomic E-state index is 11.2. The summed E-state index contributed by atoms with van der Waals surface area (Å²) >= 11 is 0. The Bertz CT molecular complexity index is 582. The molecular weight excluding hydrogens is 512 g/mol. The molecule has 0 aromatic carbocycles. The summed E-state index contributed by atoms with van der Waals surface area (Å²) < 4.78 is 10.1. The average Bonchev–Trinajstić information content (AvgIpc) is 2.64. The van der Waals surface area contributed by atoms with Crippen LogP contribution in [0.15, 0.2) is 0 Å². The van der Waals surface area contributed by atoms with Crippen LogP contribution < -0.4 is 22.1 Å². The minimum Gasteiger partial charge on any atom is -0.480 e. The standard InChI is InChI=1S/2C11H22N2O4.Cu/c2*1-11(2,3)17-10(16)13-7-5-4-6-8(12)9(14)15;/h2*8H,4-7,12H2,1-3H3,(H,13,16)(H,14,15);/t2*8-;/m00./s1. The van der Waals surface area contributed by atoms with E-state index >= 15 is 0 Å². The van der Waals surface area contributed by atoms with Crippen LogP contribution in [0.4, 0.5) is 9.59 Å². The van der Waals surface area contributed by atoms with Gasteiger partial charge in [0.1, 0.15) is 23.3 Å². The fraction of sp³-hybridized carbons (Fsp3) is 0.818. The van der Waals surface area contributed by atoms with Crippen molar-refractivity contribution in [3.63, 3.8) is 0 Å². The first kappa shape index (κ1) is 37.5. The van der Waals surface area contributed by atoms with E-state index in [1.165, 1.54) is 0 Å². The summed E-state index contributed by atoms with van der Waals surface area (Å²) in [6, 6.07) is -1.65. The molecule has 0 heterocycles. The molecule has 35 heavy (non-hydrogen) atoms. The van der Waals surface area contributed by atoms with E-state index in [9.17, 15) is 19.2 Å². The number of aliphatic carboxylic acids is 2. The van der Waals surface area contributed by atoms with E-state index in [-0.39, 0.29) is 17.1 Å². The zero-order chi connectivity index (χ0) is 26.9. The molecule has 0 saturated heterocycles. The number of nitrogens with two attached hydrogens (primary N) is 2. The molecule has 0 fully saturated rings. The number of carbonyl (C=O) groups excluding carboxylic acids is 2. The van der Waals surface area contributed by atoms with Crippen LogP contribution >= 0.6 is 0 Å². The second-order valence-corrected chi connectivity index (χ2v) is 9.74. The van der Waals surface area contributed by atoms with Gasteiger partial charge in [-0.1, -0.05) is 0 Å². The summed E-state index contributed by atoms with van der Waals surface area (Å²) in [5.41, 5.74) is 9.65. The van der Waals surface area contributed by atoms with Crippen molar-refractivity contribution < 1.29 is 55.9 Å². The van der Waals surface area contributed by atoms with Gasteiger partial charge in [0.2, 0.25) is 0 Å². The van der Waals surface area contributed by atoms with Crippen molar-refractivity contribution in [2.75, 3.05) is 13.1 Å². The van der Waals surface area contributed by atoms with Gasteiger partial charge in [-0.25, -0.2) is 9.59 Å². The number of carboxylic acid groups (broad SMARTS) is 2. The van der Waals surface area contributed by atoms with Crippen molar-refractivity contribution in [2.45, 2.75) is 103 Å². The number of ether oxygens (including phenoxy) is 2. The van der Waals surface area contributed by atoms with Crippen molar-refractivity contribution in [1.29, 1.82) is 0 Å². The summed E-state index contributed by atoms with van der Waals surface area (Å²) in [5.74, 6) is -1.99. The number of carbonyl (C=O) groups is 4. The minimum atomic E-state index is -0.995. The van der Waals surface area contributed by atoms with Crippen molar-refractivity contribution in [1.82, 2.24) is 10.6 Å². The molecule has 0 bridgehead atoms. The topological polar surface area (TPSA) is 203 Å². The Morgan fingerprint density at radius 3 is 1.20 bits per heavy atom. The zero-order valence-electron chi connectivity index (χ0n) is 21.6. The number of nitrogens with one attached hydrogen (secondary N) is 2. The Labute approximate surface area is 218 Å². The summed E-state index contributed by atoms with van der Waals surface area (Å²) in [7, 11) is 0. The van der Waals surface area contributed by atoms with Crippen LogP contribution in [0, 0.1) is 0 Å². The SMILES string of the molecule is CC(C)(C)OC(=O)NCCCC[C@H](N)C(=O)O.CC(C)(C)OC(=O)NCCCC[C@H](N)C(=O)O.[Cu]. The fourth-order valence-corrected chi connectivity index (χ4v) is 2.23. The van der Waals surface area contributed by atoms with Crippen molar-refractivity contribution >= 4 is 24.1 Å². The van der Waals surface area contributed by atoms with E-state index in [0.29, 0.717) is 51.6 Å². The monoisotopic (exact) mass is 555 g/mol. The number of alkyl carbamates (subject to hydrolysis) is 2. The normalized spacial score (nSPS) is 12.6.